The highest BCUT2D eigenvalue weighted by atomic mass is 19.1. The second-order valence-electron chi connectivity index (χ2n) is 5.80. The third-order valence-corrected chi connectivity index (χ3v) is 3.85. The van der Waals surface area contributed by atoms with Gasteiger partial charge in [0.25, 0.3) is 0 Å². The number of benzene rings is 2. The van der Waals surface area contributed by atoms with Crippen LogP contribution in [0.1, 0.15) is 0 Å². The zero-order valence-corrected chi connectivity index (χ0v) is 15.1. The summed E-state index contributed by atoms with van der Waals surface area (Å²) in [5, 5.41) is 18.5. The number of anilines is 3. The maximum absolute atomic E-state index is 13.3. The highest BCUT2D eigenvalue weighted by Gasteiger charge is 2.16. The summed E-state index contributed by atoms with van der Waals surface area (Å²) in [6, 6.07) is 6.58. The molecule has 2 aromatic carbocycles. The highest BCUT2D eigenvalue weighted by molar-refractivity contribution is 6.04. The average molecular weight is 399 g/mol. The summed E-state index contributed by atoms with van der Waals surface area (Å²) in [7, 11) is 1.55. The summed E-state index contributed by atoms with van der Waals surface area (Å²) in [6.45, 7) is 3.44. The van der Waals surface area contributed by atoms with Gasteiger partial charge in [0, 0.05) is 30.1 Å². The summed E-state index contributed by atoms with van der Waals surface area (Å²) in [5.41, 5.74) is 1.08. The number of rotatable bonds is 5. The largest absolute Gasteiger partial charge is 0.323 e. The Morgan fingerprint density at radius 1 is 1.14 bits per heavy atom. The molecule has 0 spiro atoms. The van der Waals surface area contributed by atoms with Crippen molar-refractivity contribution in [2.75, 3.05) is 22.6 Å². The Bertz CT molecular complexity index is 1050. The molecule has 1 heterocycles. The molecule has 3 rings (SSSR count). The number of hydrogen-bond donors (Lipinski definition) is 3. The standard InChI is InChI=1S/C18H15F2N7O2/c1-3-16(28)27(2)13-4-5-15(14(9-13)17-23-25-26-24-17)22-18(29)21-12-7-10(19)6-11(20)8-12/h3-9H,1H2,2H3,(H2,21,22,29)(H,23,24,25,26). The molecule has 1 aromatic heterocycles. The molecular formula is C18H15F2N7O2. The molecule has 0 fully saturated rings. The molecule has 0 radical (unpaired) electrons. The molecule has 29 heavy (non-hydrogen) atoms. The molecule has 0 unspecified atom stereocenters. The van der Waals surface area contributed by atoms with E-state index in [0.29, 0.717) is 17.3 Å². The number of H-pyrrole nitrogens is 1. The van der Waals surface area contributed by atoms with Gasteiger partial charge in [0.1, 0.15) is 11.6 Å². The average Bonchev–Trinajstić information content (AvgIpc) is 3.20. The normalized spacial score (nSPS) is 10.3. The Kier molecular flexibility index (Phi) is 5.58. The molecule has 148 valence electrons. The highest BCUT2D eigenvalue weighted by Crippen LogP contribution is 2.30. The SMILES string of the molecule is C=CC(=O)N(C)c1ccc(NC(=O)Nc2cc(F)cc(F)c2)c(-c2nn[nH]n2)c1. The fraction of sp³-hybridized carbons (Fsp3) is 0.0556. The Morgan fingerprint density at radius 3 is 2.48 bits per heavy atom. The predicted octanol–water partition coefficient (Wildman–Crippen LogP) is 2.94. The Hall–Kier alpha value is -4.15. The number of carbonyl (C=O) groups is 2. The quantitative estimate of drug-likeness (QED) is 0.571. The number of aromatic amines is 1. The Morgan fingerprint density at radius 2 is 1.86 bits per heavy atom. The Balaban J connectivity index is 1.88. The van der Waals surface area contributed by atoms with Crippen molar-refractivity contribution in [1.82, 2.24) is 20.6 Å². The monoisotopic (exact) mass is 399 g/mol. The number of carbonyl (C=O) groups excluding carboxylic acids is 2. The van der Waals surface area contributed by atoms with Crippen molar-refractivity contribution < 1.29 is 18.4 Å². The van der Waals surface area contributed by atoms with Gasteiger partial charge in [-0.2, -0.15) is 5.21 Å². The molecule has 0 bridgehead atoms. The lowest BCUT2D eigenvalue weighted by molar-refractivity contribution is -0.113. The van der Waals surface area contributed by atoms with Crippen molar-refractivity contribution in [3.05, 3.63) is 60.7 Å². The van der Waals surface area contributed by atoms with Gasteiger partial charge < -0.3 is 15.5 Å². The van der Waals surface area contributed by atoms with Crippen LogP contribution in [0.3, 0.4) is 0 Å². The number of urea groups is 1. The predicted molar refractivity (Wildman–Crippen MR) is 102 cm³/mol. The maximum atomic E-state index is 13.3. The third-order valence-electron chi connectivity index (χ3n) is 3.85. The van der Waals surface area contributed by atoms with Crippen LogP contribution >= 0.6 is 0 Å². The van der Waals surface area contributed by atoms with Gasteiger partial charge in [-0.25, -0.2) is 13.6 Å². The summed E-state index contributed by atoms with van der Waals surface area (Å²) in [5.74, 6) is -1.83. The second kappa shape index (κ2) is 8.25. The molecule has 0 saturated carbocycles. The molecule has 3 aromatic rings. The number of nitrogens with zero attached hydrogens (tertiary/aromatic N) is 4. The minimum atomic E-state index is -0.827. The summed E-state index contributed by atoms with van der Waals surface area (Å²) in [6.07, 6.45) is 1.16. The maximum Gasteiger partial charge on any atom is 0.323 e. The van der Waals surface area contributed by atoms with Gasteiger partial charge in [-0.15, -0.1) is 10.2 Å². The molecular weight excluding hydrogens is 384 g/mol. The van der Waals surface area contributed by atoms with Crippen molar-refractivity contribution in [2.45, 2.75) is 0 Å². The van der Waals surface area contributed by atoms with Gasteiger partial charge in [-0.05, 0) is 41.6 Å². The number of amides is 3. The smallest absolute Gasteiger partial charge is 0.312 e. The van der Waals surface area contributed by atoms with E-state index in [1.54, 1.807) is 19.2 Å². The van der Waals surface area contributed by atoms with E-state index in [9.17, 15) is 18.4 Å². The minimum absolute atomic E-state index is 0.0611. The van der Waals surface area contributed by atoms with Crippen molar-refractivity contribution in [3.63, 3.8) is 0 Å². The second-order valence-corrected chi connectivity index (χ2v) is 5.80. The molecule has 0 atom stereocenters. The van der Waals surface area contributed by atoms with E-state index in [1.165, 1.54) is 11.0 Å². The van der Waals surface area contributed by atoms with E-state index in [2.05, 4.69) is 37.8 Å². The lowest BCUT2D eigenvalue weighted by atomic mass is 10.1. The lowest BCUT2D eigenvalue weighted by Crippen LogP contribution is -2.24. The number of nitrogens with one attached hydrogen (secondary N) is 3. The van der Waals surface area contributed by atoms with Crippen LogP contribution in [0.5, 0.6) is 0 Å². The zero-order chi connectivity index (χ0) is 21.0. The van der Waals surface area contributed by atoms with Crippen molar-refractivity contribution >= 4 is 29.0 Å². The molecule has 3 amide bonds. The topological polar surface area (TPSA) is 116 Å². The summed E-state index contributed by atoms with van der Waals surface area (Å²) < 4.78 is 26.6. The van der Waals surface area contributed by atoms with E-state index in [0.717, 1.165) is 18.2 Å². The molecule has 0 aliphatic carbocycles. The van der Waals surface area contributed by atoms with Gasteiger partial charge in [-0.1, -0.05) is 6.58 Å². The van der Waals surface area contributed by atoms with Crippen LogP contribution in [0.25, 0.3) is 11.4 Å². The molecule has 11 heteroatoms. The minimum Gasteiger partial charge on any atom is -0.312 e. The van der Waals surface area contributed by atoms with E-state index < -0.39 is 17.7 Å². The van der Waals surface area contributed by atoms with Crippen LogP contribution in [-0.4, -0.2) is 39.6 Å². The van der Waals surface area contributed by atoms with Gasteiger partial charge in [0.2, 0.25) is 11.7 Å². The van der Waals surface area contributed by atoms with Crippen molar-refractivity contribution in [2.24, 2.45) is 0 Å². The Labute approximate surface area is 163 Å². The van der Waals surface area contributed by atoms with Gasteiger partial charge in [0.05, 0.1) is 5.69 Å². The first kappa shape index (κ1) is 19.6. The number of tetrazole rings is 1. The van der Waals surface area contributed by atoms with Crippen LogP contribution in [-0.2, 0) is 4.79 Å². The first-order valence-electron chi connectivity index (χ1n) is 8.19. The first-order valence-corrected chi connectivity index (χ1v) is 8.19. The van der Waals surface area contributed by atoms with Crippen molar-refractivity contribution in [1.29, 1.82) is 0 Å². The van der Waals surface area contributed by atoms with E-state index in [-0.39, 0.29) is 23.1 Å². The molecule has 0 saturated heterocycles. The summed E-state index contributed by atoms with van der Waals surface area (Å²) in [4.78, 5) is 25.5. The zero-order valence-electron chi connectivity index (χ0n) is 15.1. The van der Waals surface area contributed by atoms with Crippen LogP contribution in [0.2, 0.25) is 0 Å². The van der Waals surface area contributed by atoms with E-state index in [1.807, 2.05) is 0 Å². The van der Waals surface area contributed by atoms with Crippen LogP contribution in [0.15, 0.2) is 49.1 Å². The third kappa shape index (κ3) is 4.58. The van der Waals surface area contributed by atoms with E-state index >= 15 is 0 Å². The summed E-state index contributed by atoms with van der Waals surface area (Å²) >= 11 is 0. The fourth-order valence-electron chi connectivity index (χ4n) is 2.49. The molecule has 0 aliphatic rings. The molecule has 3 N–H and O–H groups in total. The van der Waals surface area contributed by atoms with Crippen LogP contribution in [0.4, 0.5) is 30.6 Å². The van der Waals surface area contributed by atoms with Crippen molar-refractivity contribution in [3.8, 4) is 11.4 Å². The fourth-order valence-corrected chi connectivity index (χ4v) is 2.49. The first-order chi connectivity index (χ1) is 13.9. The van der Waals surface area contributed by atoms with Gasteiger partial charge in [-0.3, -0.25) is 4.79 Å². The molecule has 0 aliphatic heterocycles. The number of likely N-dealkylation sites (N-methyl/N-ethyl adjacent to an activating group) is 1. The number of halogens is 2. The van der Waals surface area contributed by atoms with Gasteiger partial charge >= 0.3 is 6.03 Å². The van der Waals surface area contributed by atoms with Gasteiger partial charge in [0.15, 0.2) is 0 Å². The lowest BCUT2D eigenvalue weighted by Gasteiger charge is -2.18. The van der Waals surface area contributed by atoms with Crippen LogP contribution < -0.4 is 15.5 Å². The number of aromatic nitrogens is 4. The van der Waals surface area contributed by atoms with Crippen LogP contribution in [0, 0.1) is 11.6 Å². The van der Waals surface area contributed by atoms with E-state index in [4.69, 9.17) is 0 Å². The number of hydrogen-bond acceptors (Lipinski definition) is 5. The molecule has 9 nitrogen and oxygen atoms in total.